The Kier molecular flexibility index (Phi) is 4.45. The number of carbonyl (C=O) groups excluding carboxylic acids is 2. The van der Waals surface area contributed by atoms with Crippen molar-refractivity contribution in [3.63, 3.8) is 0 Å². The minimum Gasteiger partial charge on any atom is -0.462 e. The van der Waals surface area contributed by atoms with Gasteiger partial charge in [0.1, 0.15) is 0 Å². The first-order valence-electron chi connectivity index (χ1n) is 9.35. The van der Waals surface area contributed by atoms with Crippen LogP contribution in [0.25, 0.3) is 5.69 Å². The van der Waals surface area contributed by atoms with Crippen LogP contribution in [0, 0.1) is 13.8 Å². The van der Waals surface area contributed by atoms with E-state index in [0.717, 1.165) is 22.6 Å². The molecule has 0 radical (unpaired) electrons. The van der Waals surface area contributed by atoms with Crippen molar-refractivity contribution in [2.24, 2.45) is 5.73 Å². The Morgan fingerprint density at radius 1 is 1.07 bits per heavy atom. The van der Waals surface area contributed by atoms with Crippen LogP contribution in [-0.4, -0.2) is 23.1 Å². The predicted molar refractivity (Wildman–Crippen MR) is 105 cm³/mol. The number of nitrogens with two attached hydrogens (primary N) is 1. The molecule has 1 aromatic carbocycles. The molecule has 1 atom stereocenters. The van der Waals surface area contributed by atoms with Gasteiger partial charge in [-0.15, -0.1) is 0 Å². The fourth-order valence-electron chi connectivity index (χ4n) is 4.96. The molecule has 0 saturated heterocycles. The summed E-state index contributed by atoms with van der Waals surface area (Å²) in [5, 5.41) is 0. The number of ether oxygens (including phenoxy) is 1. The molecule has 1 aliphatic rings. The molecule has 1 aromatic heterocycles. The number of primary amides is 1. The van der Waals surface area contributed by atoms with Crippen molar-refractivity contribution in [2.75, 3.05) is 6.61 Å². The third-order valence-corrected chi connectivity index (χ3v) is 5.85. The number of benzene rings is 1. The number of hydrogen-bond acceptors (Lipinski definition) is 3. The average Bonchev–Trinajstić information content (AvgIpc) is 2.99. The summed E-state index contributed by atoms with van der Waals surface area (Å²) in [6.07, 6.45) is 0.713. The Morgan fingerprint density at radius 2 is 1.63 bits per heavy atom. The van der Waals surface area contributed by atoms with E-state index < -0.39 is 5.41 Å². The van der Waals surface area contributed by atoms with E-state index >= 15 is 0 Å². The lowest BCUT2D eigenvalue weighted by molar-refractivity contribution is -0.123. The third kappa shape index (κ3) is 2.76. The van der Waals surface area contributed by atoms with E-state index in [1.165, 1.54) is 5.56 Å². The van der Waals surface area contributed by atoms with Gasteiger partial charge in [-0.05, 0) is 74.9 Å². The summed E-state index contributed by atoms with van der Waals surface area (Å²) >= 11 is 0. The maximum absolute atomic E-state index is 12.3. The first kappa shape index (κ1) is 19.2. The molecule has 0 aliphatic heterocycles. The van der Waals surface area contributed by atoms with Gasteiger partial charge in [-0.25, -0.2) is 4.79 Å². The Bertz CT molecular complexity index is 922. The molecule has 1 aliphatic carbocycles. The van der Waals surface area contributed by atoms with Crippen molar-refractivity contribution in [3.05, 3.63) is 52.3 Å². The number of carbonyl (C=O) groups is 2. The number of hydrogen-bond donors (Lipinski definition) is 1. The van der Waals surface area contributed by atoms with Gasteiger partial charge in [-0.1, -0.05) is 13.8 Å². The van der Waals surface area contributed by atoms with Gasteiger partial charge in [-0.2, -0.15) is 0 Å². The smallest absolute Gasteiger partial charge is 0.338 e. The standard InChI is InChI=1S/C22H28N2O3/c1-7-27-19(25)15-8-10-16(11-9-15)24-13(2)17-18(14(24)3)22(6,20(23)26)12-21(17,4)5/h8-11H,7,12H2,1-6H3,(H2,23,26). The average molecular weight is 368 g/mol. The lowest BCUT2D eigenvalue weighted by Crippen LogP contribution is -2.38. The summed E-state index contributed by atoms with van der Waals surface area (Å²) in [4.78, 5) is 24.2. The lowest BCUT2D eigenvalue weighted by atomic mass is 9.79. The van der Waals surface area contributed by atoms with Crippen molar-refractivity contribution in [3.8, 4) is 5.69 Å². The molecule has 0 spiro atoms. The first-order chi connectivity index (χ1) is 12.5. The number of rotatable bonds is 4. The molecular weight excluding hydrogens is 340 g/mol. The van der Waals surface area contributed by atoms with Gasteiger partial charge in [-0.3, -0.25) is 4.79 Å². The summed E-state index contributed by atoms with van der Waals surface area (Å²) in [6, 6.07) is 7.37. The quantitative estimate of drug-likeness (QED) is 0.836. The van der Waals surface area contributed by atoms with Crippen LogP contribution in [0.4, 0.5) is 0 Å². The van der Waals surface area contributed by atoms with Gasteiger partial charge >= 0.3 is 5.97 Å². The van der Waals surface area contributed by atoms with Gasteiger partial charge < -0.3 is 15.0 Å². The molecule has 1 amide bonds. The fourth-order valence-corrected chi connectivity index (χ4v) is 4.96. The van der Waals surface area contributed by atoms with Crippen molar-refractivity contribution in [1.82, 2.24) is 4.57 Å². The summed E-state index contributed by atoms with van der Waals surface area (Å²) in [5.74, 6) is -0.609. The van der Waals surface area contributed by atoms with E-state index in [-0.39, 0.29) is 17.3 Å². The molecule has 1 unspecified atom stereocenters. The highest BCUT2D eigenvalue weighted by atomic mass is 16.5. The van der Waals surface area contributed by atoms with Crippen LogP contribution in [0.2, 0.25) is 0 Å². The maximum atomic E-state index is 12.3. The van der Waals surface area contributed by atoms with Gasteiger partial charge in [0.2, 0.25) is 5.91 Å². The van der Waals surface area contributed by atoms with Gasteiger partial charge in [0.25, 0.3) is 0 Å². The molecule has 27 heavy (non-hydrogen) atoms. The van der Waals surface area contributed by atoms with Crippen LogP contribution in [0.5, 0.6) is 0 Å². The molecule has 144 valence electrons. The lowest BCUT2D eigenvalue weighted by Gasteiger charge is -2.27. The summed E-state index contributed by atoms with van der Waals surface area (Å²) < 4.78 is 7.21. The highest BCUT2D eigenvalue weighted by Crippen LogP contribution is 2.53. The number of amides is 1. The molecule has 5 nitrogen and oxygen atoms in total. The highest BCUT2D eigenvalue weighted by molar-refractivity contribution is 5.90. The number of esters is 1. The van der Waals surface area contributed by atoms with E-state index in [4.69, 9.17) is 10.5 Å². The Hall–Kier alpha value is -2.56. The van der Waals surface area contributed by atoms with Crippen LogP contribution in [-0.2, 0) is 20.4 Å². The Labute approximate surface area is 160 Å². The van der Waals surface area contributed by atoms with Crippen molar-refractivity contribution in [2.45, 2.75) is 58.8 Å². The zero-order chi connectivity index (χ0) is 20.1. The van der Waals surface area contributed by atoms with Gasteiger partial charge in [0, 0.05) is 17.1 Å². The minimum atomic E-state index is -0.677. The summed E-state index contributed by atoms with van der Waals surface area (Å²) in [5.41, 5.74) is 10.9. The van der Waals surface area contributed by atoms with Crippen molar-refractivity contribution >= 4 is 11.9 Å². The Balaban J connectivity index is 2.15. The second-order valence-corrected chi connectivity index (χ2v) is 8.28. The molecule has 0 fully saturated rings. The SMILES string of the molecule is CCOC(=O)c1ccc(-n2c(C)c3c(c2C)C(C)(C(N)=O)CC3(C)C)cc1. The molecule has 5 heteroatoms. The maximum Gasteiger partial charge on any atom is 0.338 e. The second kappa shape index (κ2) is 6.25. The van der Waals surface area contributed by atoms with Crippen LogP contribution in [0.3, 0.4) is 0 Å². The molecule has 2 aromatic rings. The minimum absolute atomic E-state index is 0.135. The normalized spacial score (nSPS) is 20.4. The molecule has 1 heterocycles. The van der Waals surface area contributed by atoms with E-state index in [2.05, 4.69) is 25.3 Å². The topological polar surface area (TPSA) is 74.3 Å². The van der Waals surface area contributed by atoms with E-state index in [9.17, 15) is 9.59 Å². The van der Waals surface area contributed by atoms with Crippen LogP contribution >= 0.6 is 0 Å². The fraction of sp³-hybridized carbons (Fsp3) is 0.455. The predicted octanol–water partition coefficient (Wildman–Crippen LogP) is 3.70. The van der Waals surface area contributed by atoms with Crippen LogP contribution < -0.4 is 5.73 Å². The summed E-state index contributed by atoms with van der Waals surface area (Å²) in [7, 11) is 0. The molecular formula is C22H28N2O3. The van der Waals surface area contributed by atoms with Crippen molar-refractivity contribution < 1.29 is 14.3 Å². The van der Waals surface area contributed by atoms with E-state index in [0.29, 0.717) is 18.6 Å². The largest absolute Gasteiger partial charge is 0.462 e. The summed E-state index contributed by atoms with van der Waals surface area (Å²) in [6.45, 7) is 12.5. The zero-order valence-corrected chi connectivity index (χ0v) is 17.0. The van der Waals surface area contributed by atoms with Gasteiger partial charge in [0.15, 0.2) is 0 Å². The zero-order valence-electron chi connectivity index (χ0n) is 17.0. The van der Waals surface area contributed by atoms with E-state index in [1.54, 1.807) is 19.1 Å². The Morgan fingerprint density at radius 3 is 2.15 bits per heavy atom. The molecule has 0 saturated carbocycles. The first-order valence-corrected chi connectivity index (χ1v) is 9.35. The molecule has 2 N–H and O–H groups in total. The third-order valence-electron chi connectivity index (χ3n) is 5.85. The number of aromatic nitrogens is 1. The number of fused-ring (bicyclic) bond motifs is 1. The van der Waals surface area contributed by atoms with Crippen molar-refractivity contribution in [1.29, 1.82) is 0 Å². The monoisotopic (exact) mass is 368 g/mol. The molecule has 0 bridgehead atoms. The molecule has 3 rings (SSSR count). The van der Waals surface area contributed by atoms with Crippen LogP contribution in [0.1, 0.15) is 67.0 Å². The number of nitrogens with zero attached hydrogens (tertiary/aromatic N) is 1. The highest BCUT2D eigenvalue weighted by Gasteiger charge is 2.52. The van der Waals surface area contributed by atoms with E-state index in [1.807, 2.05) is 26.0 Å². The van der Waals surface area contributed by atoms with Gasteiger partial charge in [0.05, 0.1) is 17.6 Å². The van der Waals surface area contributed by atoms with Crippen LogP contribution in [0.15, 0.2) is 24.3 Å². The second-order valence-electron chi connectivity index (χ2n) is 8.28.